The average molecular weight is 228 g/mol. The van der Waals surface area contributed by atoms with Crippen LogP contribution in [0.3, 0.4) is 0 Å². The van der Waals surface area contributed by atoms with Gasteiger partial charge in [-0.3, -0.25) is 4.68 Å². The van der Waals surface area contributed by atoms with Gasteiger partial charge in [-0.2, -0.15) is 16.9 Å². The number of aliphatic hydroxyl groups is 1. The van der Waals surface area contributed by atoms with Crippen molar-refractivity contribution in [2.75, 3.05) is 11.5 Å². The Bertz CT molecular complexity index is 275. The quantitative estimate of drug-likeness (QED) is 0.724. The van der Waals surface area contributed by atoms with Gasteiger partial charge < -0.3 is 5.11 Å². The molecule has 3 nitrogen and oxygen atoms in total. The van der Waals surface area contributed by atoms with Crippen LogP contribution in [-0.2, 0) is 13.5 Å². The van der Waals surface area contributed by atoms with E-state index in [9.17, 15) is 5.11 Å². The molecule has 0 bridgehead atoms. The van der Waals surface area contributed by atoms with E-state index in [1.54, 1.807) is 4.68 Å². The summed E-state index contributed by atoms with van der Waals surface area (Å²) in [6.45, 7) is 2.16. The zero-order valence-electron chi connectivity index (χ0n) is 9.52. The fraction of sp³-hybridized carbons (Fsp3) is 0.727. The first-order valence-electron chi connectivity index (χ1n) is 5.45. The van der Waals surface area contributed by atoms with E-state index in [0.29, 0.717) is 0 Å². The molecule has 4 heteroatoms. The fourth-order valence-corrected chi connectivity index (χ4v) is 2.28. The standard InChI is InChI=1S/C11H20N2OS/c1-3-6-15-9-11(14)5-4-10-7-12-13(2)8-10/h7-8,11,14H,3-6,9H2,1-2H3. The Morgan fingerprint density at radius 1 is 1.60 bits per heavy atom. The van der Waals surface area contributed by atoms with E-state index in [2.05, 4.69) is 12.0 Å². The molecule has 1 unspecified atom stereocenters. The fourth-order valence-electron chi connectivity index (χ4n) is 1.38. The van der Waals surface area contributed by atoms with E-state index in [1.165, 1.54) is 12.0 Å². The third-order valence-corrected chi connectivity index (χ3v) is 3.50. The smallest absolute Gasteiger partial charge is 0.0633 e. The van der Waals surface area contributed by atoms with Crippen molar-refractivity contribution in [3.05, 3.63) is 18.0 Å². The van der Waals surface area contributed by atoms with Crippen LogP contribution < -0.4 is 0 Å². The van der Waals surface area contributed by atoms with E-state index >= 15 is 0 Å². The molecule has 0 aromatic carbocycles. The van der Waals surface area contributed by atoms with Crippen LogP contribution in [0.4, 0.5) is 0 Å². The molecule has 0 radical (unpaired) electrons. The Balaban J connectivity index is 2.13. The maximum absolute atomic E-state index is 9.70. The maximum atomic E-state index is 9.70. The normalized spacial score (nSPS) is 13.0. The molecule has 0 spiro atoms. The van der Waals surface area contributed by atoms with Gasteiger partial charge in [-0.15, -0.1) is 0 Å². The van der Waals surface area contributed by atoms with Gasteiger partial charge in [-0.05, 0) is 30.6 Å². The second-order valence-electron chi connectivity index (χ2n) is 3.79. The van der Waals surface area contributed by atoms with E-state index in [0.717, 1.165) is 24.3 Å². The summed E-state index contributed by atoms with van der Waals surface area (Å²) in [5.41, 5.74) is 1.21. The summed E-state index contributed by atoms with van der Waals surface area (Å²) in [7, 11) is 1.91. The summed E-state index contributed by atoms with van der Waals surface area (Å²) in [5.74, 6) is 2.00. The molecular formula is C11H20N2OS. The topological polar surface area (TPSA) is 38.1 Å². The number of nitrogens with zero attached hydrogens (tertiary/aromatic N) is 2. The maximum Gasteiger partial charge on any atom is 0.0633 e. The third-order valence-electron chi connectivity index (χ3n) is 2.18. The SMILES string of the molecule is CCCSCC(O)CCc1cnn(C)c1. The Labute approximate surface area is 95.9 Å². The first-order chi connectivity index (χ1) is 7.22. The van der Waals surface area contributed by atoms with Crippen molar-refractivity contribution < 1.29 is 5.11 Å². The lowest BCUT2D eigenvalue weighted by Crippen LogP contribution is -2.11. The second kappa shape index (κ2) is 6.90. The molecule has 1 aromatic heterocycles. The van der Waals surface area contributed by atoms with Gasteiger partial charge >= 0.3 is 0 Å². The first-order valence-corrected chi connectivity index (χ1v) is 6.61. The summed E-state index contributed by atoms with van der Waals surface area (Å²) in [4.78, 5) is 0. The molecule has 0 aliphatic carbocycles. The minimum absolute atomic E-state index is 0.179. The molecule has 0 saturated heterocycles. The van der Waals surface area contributed by atoms with Crippen molar-refractivity contribution >= 4 is 11.8 Å². The highest BCUT2D eigenvalue weighted by atomic mass is 32.2. The Morgan fingerprint density at radius 3 is 3.00 bits per heavy atom. The van der Waals surface area contributed by atoms with E-state index in [1.807, 2.05) is 31.2 Å². The van der Waals surface area contributed by atoms with Gasteiger partial charge in [0, 0.05) is 19.0 Å². The van der Waals surface area contributed by atoms with Crippen LogP contribution in [0.5, 0.6) is 0 Å². The number of hydrogen-bond donors (Lipinski definition) is 1. The summed E-state index contributed by atoms with van der Waals surface area (Å²) < 4.78 is 1.80. The molecule has 0 aliphatic rings. The largest absolute Gasteiger partial charge is 0.392 e. The monoisotopic (exact) mass is 228 g/mol. The minimum atomic E-state index is -0.179. The molecule has 0 fully saturated rings. The van der Waals surface area contributed by atoms with Crippen LogP contribution in [0, 0.1) is 0 Å². The first kappa shape index (κ1) is 12.6. The van der Waals surface area contributed by atoms with Crippen molar-refractivity contribution in [2.45, 2.75) is 32.3 Å². The zero-order chi connectivity index (χ0) is 11.1. The molecular weight excluding hydrogens is 208 g/mol. The van der Waals surface area contributed by atoms with Crippen molar-refractivity contribution in [2.24, 2.45) is 7.05 Å². The van der Waals surface area contributed by atoms with Crippen molar-refractivity contribution in [1.29, 1.82) is 0 Å². The highest BCUT2D eigenvalue weighted by molar-refractivity contribution is 7.99. The number of hydrogen-bond acceptors (Lipinski definition) is 3. The van der Waals surface area contributed by atoms with Crippen molar-refractivity contribution in [3.63, 3.8) is 0 Å². The van der Waals surface area contributed by atoms with Crippen LogP contribution in [0.2, 0.25) is 0 Å². The van der Waals surface area contributed by atoms with Gasteiger partial charge in [0.25, 0.3) is 0 Å². The van der Waals surface area contributed by atoms with Gasteiger partial charge in [0.2, 0.25) is 0 Å². The molecule has 15 heavy (non-hydrogen) atoms. The number of thioether (sulfide) groups is 1. The van der Waals surface area contributed by atoms with Gasteiger partial charge in [0.05, 0.1) is 12.3 Å². The Hall–Kier alpha value is -0.480. The summed E-state index contributed by atoms with van der Waals surface area (Å²) in [5, 5.41) is 13.8. The lowest BCUT2D eigenvalue weighted by atomic mass is 10.1. The Morgan fingerprint density at radius 2 is 2.40 bits per heavy atom. The van der Waals surface area contributed by atoms with Crippen LogP contribution in [0.15, 0.2) is 12.4 Å². The molecule has 86 valence electrons. The molecule has 1 heterocycles. The van der Waals surface area contributed by atoms with Crippen LogP contribution in [0.1, 0.15) is 25.3 Å². The molecule has 1 atom stereocenters. The molecule has 0 saturated carbocycles. The molecule has 1 rings (SSSR count). The predicted molar refractivity (Wildman–Crippen MR) is 65.2 cm³/mol. The zero-order valence-corrected chi connectivity index (χ0v) is 10.3. The van der Waals surface area contributed by atoms with Crippen LogP contribution in [0.25, 0.3) is 0 Å². The van der Waals surface area contributed by atoms with Gasteiger partial charge in [-0.1, -0.05) is 6.92 Å². The lowest BCUT2D eigenvalue weighted by Gasteiger charge is -2.08. The van der Waals surface area contributed by atoms with Crippen molar-refractivity contribution in [1.82, 2.24) is 9.78 Å². The highest BCUT2D eigenvalue weighted by Gasteiger charge is 2.05. The number of aryl methyl sites for hydroxylation is 2. The predicted octanol–water partition coefficient (Wildman–Crippen LogP) is 1.86. The molecule has 1 N–H and O–H groups in total. The highest BCUT2D eigenvalue weighted by Crippen LogP contribution is 2.10. The average Bonchev–Trinajstić information content (AvgIpc) is 2.62. The van der Waals surface area contributed by atoms with Crippen LogP contribution in [-0.4, -0.2) is 32.5 Å². The molecule has 0 amide bonds. The second-order valence-corrected chi connectivity index (χ2v) is 4.94. The number of rotatable bonds is 7. The van der Waals surface area contributed by atoms with Gasteiger partial charge in [-0.25, -0.2) is 0 Å². The third kappa shape index (κ3) is 5.23. The lowest BCUT2D eigenvalue weighted by molar-refractivity contribution is 0.189. The summed E-state index contributed by atoms with van der Waals surface area (Å²) >= 11 is 1.83. The van der Waals surface area contributed by atoms with Crippen molar-refractivity contribution in [3.8, 4) is 0 Å². The van der Waals surface area contributed by atoms with Gasteiger partial charge in [0.15, 0.2) is 0 Å². The summed E-state index contributed by atoms with van der Waals surface area (Å²) in [6.07, 6.45) is 6.63. The van der Waals surface area contributed by atoms with E-state index < -0.39 is 0 Å². The Kier molecular flexibility index (Phi) is 5.79. The number of aliphatic hydroxyl groups excluding tert-OH is 1. The van der Waals surface area contributed by atoms with E-state index in [4.69, 9.17) is 0 Å². The number of aromatic nitrogens is 2. The van der Waals surface area contributed by atoms with Gasteiger partial charge in [0.1, 0.15) is 0 Å². The summed E-state index contributed by atoms with van der Waals surface area (Å²) in [6, 6.07) is 0. The van der Waals surface area contributed by atoms with E-state index in [-0.39, 0.29) is 6.10 Å². The van der Waals surface area contributed by atoms with Crippen LogP contribution >= 0.6 is 11.8 Å². The minimum Gasteiger partial charge on any atom is -0.392 e. The molecule has 1 aromatic rings. The molecule has 0 aliphatic heterocycles.